The van der Waals surface area contributed by atoms with Gasteiger partial charge in [-0.25, -0.2) is 0 Å². The summed E-state index contributed by atoms with van der Waals surface area (Å²) in [5, 5.41) is 17.4. The van der Waals surface area contributed by atoms with Crippen molar-refractivity contribution in [2.75, 3.05) is 5.32 Å². The van der Waals surface area contributed by atoms with Crippen LogP contribution in [0.3, 0.4) is 0 Å². The molecule has 0 spiro atoms. The first-order valence-corrected chi connectivity index (χ1v) is 5.09. The smallest absolute Gasteiger partial charge is 0.337 e. The Morgan fingerprint density at radius 3 is 2.65 bits per heavy atom. The molecule has 0 bridgehead atoms. The number of aliphatic imine (C=N–C) groups is 1. The zero-order chi connectivity index (χ0) is 12.3. The summed E-state index contributed by atoms with van der Waals surface area (Å²) >= 11 is 0. The lowest BCUT2D eigenvalue weighted by Gasteiger charge is -1.98. The lowest BCUT2D eigenvalue weighted by molar-refractivity contribution is -0.806. The number of hydrogen-bond acceptors (Lipinski definition) is 4. The summed E-state index contributed by atoms with van der Waals surface area (Å²) in [7, 11) is 0. The minimum Gasteiger partial charge on any atom is -0.359 e. The molecular formula is C11H12N4O2. The second kappa shape index (κ2) is 4.65. The van der Waals surface area contributed by atoms with E-state index in [2.05, 4.69) is 20.1 Å². The lowest BCUT2D eigenvalue weighted by atomic mass is 10.2. The monoisotopic (exact) mass is 232 g/mol. The number of benzene rings is 1. The Morgan fingerprint density at radius 1 is 1.35 bits per heavy atom. The van der Waals surface area contributed by atoms with E-state index in [1.54, 1.807) is 6.92 Å². The normalized spacial score (nSPS) is 10.9. The molecule has 1 heterocycles. The van der Waals surface area contributed by atoms with Gasteiger partial charge in [0.2, 0.25) is 5.69 Å². The molecule has 0 saturated heterocycles. The van der Waals surface area contributed by atoms with Crippen molar-refractivity contribution >= 4 is 17.8 Å². The third kappa shape index (κ3) is 2.60. The van der Waals surface area contributed by atoms with E-state index in [9.17, 15) is 5.21 Å². The quantitative estimate of drug-likeness (QED) is 0.496. The highest BCUT2D eigenvalue weighted by molar-refractivity contribution is 5.77. The third-order valence-electron chi connectivity index (χ3n) is 2.27. The van der Waals surface area contributed by atoms with E-state index in [1.807, 2.05) is 31.2 Å². The maximum Gasteiger partial charge on any atom is 0.337 e. The zero-order valence-corrected chi connectivity index (χ0v) is 9.54. The minimum atomic E-state index is 0.264. The molecule has 0 saturated carbocycles. The van der Waals surface area contributed by atoms with Crippen molar-refractivity contribution < 1.29 is 9.53 Å². The number of nitrogens with one attached hydrogen (secondary N) is 1. The number of aromatic nitrogens is 2. The average molecular weight is 232 g/mol. The van der Waals surface area contributed by atoms with Gasteiger partial charge in [0.15, 0.2) is 0 Å². The Morgan fingerprint density at radius 2 is 2.06 bits per heavy atom. The highest BCUT2D eigenvalue weighted by Crippen LogP contribution is 2.10. The minimum absolute atomic E-state index is 0.264. The van der Waals surface area contributed by atoms with Gasteiger partial charge in [-0.3, -0.25) is 4.63 Å². The second-order valence-corrected chi connectivity index (χ2v) is 3.61. The van der Waals surface area contributed by atoms with E-state index < -0.39 is 0 Å². The molecule has 1 aromatic heterocycles. The van der Waals surface area contributed by atoms with Gasteiger partial charge in [0, 0.05) is 12.6 Å². The zero-order valence-electron chi connectivity index (χ0n) is 9.54. The fraction of sp³-hybridized carbons (Fsp3) is 0.182. The van der Waals surface area contributed by atoms with E-state index in [0.717, 1.165) is 5.69 Å². The second-order valence-electron chi connectivity index (χ2n) is 3.61. The van der Waals surface area contributed by atoms with Gasteiger partial charge in [-0.05, 0) is 24.0 Å². The molecule has 0 unspecified atom stereocenters. The molecular weight excluding hydrogens is 220 g/mol. The number of anilines is 1. The molecule has 1 N–H and O–H groups in total. The molecule has 0 fully saturated rings. The highest BCUT2D eigenvalue weighted by atomic mass is 16.8. The van der Waals surface area contributed by atoms with Crippen LogP contribution in [0.4, 0.5) is 11.5 Å². The predicted molar refractivity (Wildman–Crippen MR) is 63.2 cm³/mol. The van der Waals surface area contributed by atoms with Crippen molar-refractivity contribution in [1.82, 2.24) is 5.16 Å². The molecule has 6 nitrogen and oxygen atoms in total. The van der Waals surface area contributed by atoms with Crippen LogP contribution in [0.5, 0.6) is 0 Å². The molecule has 6 heteroatoms. The summed E-state index contributed by atoms with van der Waals surface area (Å²) < 4.78 is 4.38. The standard InChI is InChI=1S/C11H12N4O2/c1-8-3-5-10(6-4-8)12-7-13-11-9(2)15(16)17-14-11/h3-7H,1-2H3,(H,12,13,14). The summed E-state index contributed by atoms with van der Waals surface area (Å²) in [6, 6.07) is 7.85. The number of aryl methyl sites for hydroxylation is 1. The average Bonchev–Trinajstić information content (AvgIpc) is 2.64. The SMILES string of the molecule is Cc1ccc(NC=Nc2no[n+]([O-])c2C)cc1. The van der Waals surface area contributed by atoms with Crippen molar-refractivity contribution in [2.24, 2.45) is 4.99 Å². The molecule has 2 rings (SSSR count). The predicted octanol–water partition coefficient (Wildman–Crippen LogP) is 1.70. The number of hydrogen-bond donors (Lipinski definition) is 1. The summed E-state index contributed by atoms with van der Waals surface area (Å²) in [5.74, 6) is 0.264. The lowest BCUT2D eigenvalue weighted by Crippen LogP contribution is -2.25. The van der Waals surface area contributed by atoms with Gasteiger partial charge in [-0.2, -0.15) is 4.99 Å². The Balaban J connectivity index is 2.03. The summed E-state index contributed by atoms with van der Waals surface area (Å²) in [6.07, 6.45) is 1.47. The number of rotatable bonds is 3. The third-order valence-corrected chi connectivity index (χ3v) is 2.27. The van der Waals surface area contributed by atoms with E-state index in [0.29, 0.717) is 10.6 Å². The van der Waals surface area contributed by atoms with Gasteiger partial charge in [-0.15, -0.1) is 0 Å². The maximum atomic E-state index is 10.9. The number of nitrogens with zero attached hydrogens (tertiary/aromatic N) is 3. The highest BCUT2D eigenvalue weighted by Gasteiger charge is 2.11. The van der Waals surface area contributed by atoms with E-state index in [4.69, 9.17) is 0 Å². The Labute approximate surface area is 98.1 Å². The molecule has 1 aromatic carbocycles. The Hall–Kier alpha value is -2.37. The van der Waals surface area contributed by atoms with Crippen molar-refractivity contribution in [2.45, 2.75) is 13.8 Å². The van der Waals surface area contributed by atoms with Crippen LogP contribution < -0.4 is 10.2 Å². The fourth-order valence-corrected chi connectivity index (χ4v) is 1.22. The summed E-state index contributed by atoms with van der Waals surface area (Å²) in [5.41, 5.74) is 2.43. The van der Waals surface area contributed by atoms with Gasteiger partial charge >= 0.3 is 5.82 Å². The molecule has 0 aliphatic carbocycles. The van der Waals surface area contributed by atoms with E-state index in [-0.39, 0.29) is 5.82 Å². The first kappa shape index (κ1) is 11.1. The van der Waals surface area contributed by atoms with Gasteiger partial charge in [-0.1, -0.05) is 17.7 Å². The van der Waals surface area contributed by atoms with Gasteiger partial charge in [0.05, 0.1) is 11.5 Å². The van der Waals surface area contributed by atoms with Crippen LogP contribution >= 0.6 is 0 Å². The van der Waals surface area contributed by atoms with Crippen LogP contribution in [-0.2, 0) is 0 Å². The van der Waals surface area contributed by atoms with Crippen LogP contribution in [0.25, 0.3) is 0 Å². The fourth-order valence-electron chi connectivity index (χ4n) is 1.22. The van der Waals surface area contributed by atoms with Crippen LogP contribution in [0, 0.1) is 19.1 Å². The maximum absolute atomic E-state index is 10.9. The molecule has 88 valence electrons. The Kier molecular flexibility index (Phi) is 3.04. The van der Waals surface area contributed by atoms with Gasteiger partial charge < -0.3 is 10.5 Å². The topological polar surface area (TPSA) is 77.4 Å². The van der Waals surface area contributed by atoms with Crippen molar-refractivity contribution in [3.05, 3.63) is 40.7 Å². The first-order chi connectivity index (χ1) is 8.16. The molecule has 0 aliphatic heterocycles. The summed E-state index contributed by atoms with van der Waals surface area (Å²) in [6.45, 7) is 3.60. The molecule has 0 atom stereocenters. The molecule has 0 amide bonds. The molecule has 2 aromatic rings. The van der Waals surface area contributed by atoms with Crippen molar-refractivity contribution in [1.29, 1.82) is 0 Å². The van der Waals surface area contributed by atoms with Gasteiger partial charge in [0.1, 0.15) is 0 Å². The van der Waals surface area contributed by atoms with E-state index >= 15 is 0 Å². The van der Waals surface area contributed by atoms with Crippen LogP contribution in [-0.4, -0.2) is 11.5 Å². The Bertz CT molecular complexity index is 531. The van der Waals surface area contributed by atoms with E-state index in [1.165, 1.54) is 11.9 Å². The van der Waals surface area contributed by atoms with Crippen LogP contribution in [0.1, 0.15) is 11.3 Å². The molecule has 0 radical (unpaired) electrons. The summed E-state index contributed by atoms with van der Waals surface area (Å²) in [4.78, 5) is 4.30. The molecule has 17 heavy (non-hydrogen) atoms. The molecule has 0 aliphatic rings. The largest absolute Gasteiger partial charge is 0.359 e. The van der Waals surface area contributed by atoms with Crippen molar-refractivity contribution in [3.8, 4) is 0 Å². The van der Waals surface area contributed by atoms with Gasteiger partial charge in [0.25, 0.3) is 0 Å². The van der Waals surface area contributed by atoms with Crippen LogP contribution in [0.2, 0.25) is 0 Å². The van der Waals surface area contributed by atoms with Crippen molar-refractivity contribution in [3.63, 3.8) is 0 Å². The first-order valence-electron chi connectivity index (χ1n) is 5.09. The van der Waals surface area contributed by atoms with Crippen LogP contribution in [0.15, 0.2) is 33.9 Å².